The van der Waals surface area contributed by atoms with Gasteiger partial charge in [0.1, 0.15) is 5.75 Å². The summed E-state index contributed by atoms with van der Waals surface area (Å²) in [6, 6.07) is 10.7. The Hall–Kier alpha value is -2.61. The van der Waals surface area contributed by atoms with Crippen LogP contribution >= 0.6 is 0 Å². The molecule has 0 saturated carbocycles. The Kier molecular flexibility index (Phi) is 7.18. The average Bonchev–Trinajstić information content (AvgIpc) is 2.66. The van der Waals surface area contributed by atoms with E-state index in [1.807, 2.05) is 12.1 Å². The van der Waals surface area contributed by atoms with Crippen LogP contribution in [-0.2, 0) is 21.2 Å². The molecule has 0 N–H and O–H groups in total. The Morgan fingerprint density at radius 2 is 1.78 bits per heavy atom. The Bertz CT molecular complexity index is 856. The van der Waals surface area contributed by atoms with E-state index in [0.717, 1.165) is 11.8 Å². The Morgan fingerprint density at radius 1 is 1.11 bits per heavy atom. The van der Waals surface area contributed by atoms with E-state index in [1.165, 1.54) is 11.4 Å². The number of rotatable bonds is 9. The van der Waals surface area contributed by atoms with Crippen molar-refractivity contribution in [2.45, 2.75) is 12.8 Å². The average molecular weight is 391 g/mol. The number of anilines is 1. The number of methoxy groups -OCH3 is 1. The molecule has 8 heteroatoms. The van der Waals surface area contributed by atoms with Gasteiger partial charge in [0.15, 0.2) is 0 Å². The molecule has 1 amide bonds. The molecule has 2 aromatic rings. The van der Waals surface area contributed by atoms with Gasteiger partial charge in [-0.2, -0.15) is 0 Å². The monoisotopic (exact) mass is 391 g/mol. The second kappa shape index (κ2) is 9.36. The molecule has 2 rings (SSSR count). The van der Waals surface area contributed by atoms with E-state index >= 15 is 0 Å². The number of amides is 1. The lowest BCUT2D eigenvalue weighted by molar-refractivity contribution is -0.129. The molecule has 0 bridgehead atoms. The SMILES string of the molecule is COc1ccccc1N(CCC(=O)N(C)CCc1ccncc1)S(C)(=O)=O. The number of hydrogen-bond donors (Lipinski definition) is 0. The normalized spacial score (nSPS) is 11.1. The molecule has 1 heterocycles. The first-order valence-electron chi connectivity index (χ1n) is 8.56. The molecule has 1 aromatic heterocycles. The van der Waals surface area contributed by atoms with Crippen LogP contribution in [0.1, 0.15) is 12.0 Å². The van der Waals surface area contributed by atoms with Crippen LogP contribution in [0.15, 0.2) is 48.8 Å². The summed E-state index contributed by atoms with van der Waals surface area (Å²) in [7, 11) is -0.348. The number of likely N-dealkylation sites (N-methyl/N-ethyl adjacent to an activating group) is 1. The fourth-order valence-corrected chi connectivity index (χ4v) is 3.59. The van der Waals surface area contributed by atoms with Crippen molar-refractivity contribution in [3.63, 3.8) is 0 Å². The molecule has 0 fully saturated rings. The molecule has 0 aliphatic heterocycles. The molecule has 0 saturated heterocycles. The number of hydrogen-bond acceptors (Lipinski definition) is 5. The van der Waals surface area contributed by atoms with Gasteiger partial charge in [-0.05, 0) is 36.2 Å². The van der Waals surface area contributed by atoms with Gasteiger partial charge in [-0.15, -0.1) is 0 Å². The van der Waals surface area contributed by atoms with E-state index in [0.29, 0.717) is 24.4 Å². The zero-order valence-corrected chi connectivity index (χ0v) is 16.6. The third-order valence-electron chi connectivity index (χ3n) is 4.19. The van der Waals surface area contributed by atoms with Crippen LogP contribution in [-0.4, -0.2) is 57.7 Å². The summed E-state index contributed by atoms with van der Waals surface area (Å²) in [4.78, 5) is 18.0. The van der Waals surface area contributed by atoms with Crippen LogP contribution in [0.5, 0.6) is 5.75 Å². The van der Waals surface area contributed by atoms with Crippen LogP contribution < -0.4 is 9.04 Å². The van der Waals surface area contributed by atoms with Crippen LogP contribution in [0.2, 0.25) is 0 Å². The van der Waals surface area contributed by atoms with Crippen molar-refractivity contribution in [3.05, 3.63) is 54.4 Å². The van der Waals surface area contributed by atoms with E-state index in [1.54, 1.807) is 48.6 Å². The molecule has 0 radical (unpaired) electrons. The predicted octanol–water partition coefficient (Wildman–Crippen LogP) is 1.95. The molecule has 0 spiro atoms. The third kappa shape index (κ3) is 5.96. The number of benzene rings is 1. The maximum atomic E-state index is 12.4. The molecular weight excluding hydrogens is 366 g/mol. The van der Waals surface area contributed by atoms with Gasteiger partial charge in [-0.1, -0.05) is 12.1 Å². The number of carbonyl (C=O) groups is 1. The second-order valence-electron chi connectivity index (χ2n) is 6.18. The summed E-state index contributed by atoms with van der Waals surface area (Å²) in [6.45, 7) is 0.605. The van der Waals surface area contributed by atoms with Crippen molar-refractivity contribution in [2.24, 2.45) is 0 Å². The molecule has 27 heavy (non-hydrogen) atoms. The second-order valence-corrected chi connectivity index (χ2v) is 8.08. The highest BCUT2D eigenvalue weighted by Gasteiger charge is 2.22. The Labute approximate surface area is 160 Å². The number of sulfonamides is 1. The summed E-state index contributed by atoms with van der Waals surface area (Å²) in [5.74, 6) is 0.328. The number of pyridine rings is 1. The quantitative estimate of drug-likeness (QED) is 0.653. The molecule has 0 aliphatic carbocycles. The summed E-state index contributed by atoms with van der Waals surface area (Å²) in [5.41, 5.74) is 1.52. The first-order chi connectivity index (χ1) is 12.8. The zero-order valence-electron chi connectivity index (χ0n) is 15.8. The first-order valence-corrected chi connectivity index (χ1v) is 10.4. The van der Waals surface area contributed by atoms with Crippen molar-refractivity contribution in [1.29, 1.82) is 0 Å². The summed E-state index contributed by atoms with van der Waals surface area (Å²) >= 11 is 0. The predicted molar refractivity (Wildman–Crippen MR) is 105 cm³/mol. The molecular formula is C19H25N3O4S. The maximum Gasteiger partial charge on any atom is 0.232 e. The largest absolute Gasteiger partial charge is 0.495 e. The summed E-state index contributed by atoms with van der Waals surface area (Å²) < 4.78 is 30.9. The topological polar surface area (TPSA) is 79.8 Å². The van der Waals surface area contributed by atoms with Gasteiger partial charge in [0.2, 0.25) is 15.9 Å². The van der Waals surface area contributed by atoms with Gasteiger partial charge >= 0.3 is 0 Å². The van der Waals surface area contributed by atoms with Gasteiger partial charge in [-0.3, -0.25) is 14.1 Å². The minimum absolute atomic E-state index is 0.0532. The number of aromatic nitrogens is 1. The van der Waals surface area contributed by atoms with Crippen LogP contribution in [0.4, 0.5) is 5.69 Å². The molecule has 146 valence electrons. The number of nitrogens with zero attached hydrogens (tertiary/aromatic N) is 3. The first kappa shape index (κ1) is 20.7. The lowest BCUT2D eigenvalue weighted by Crippen LogP contribution is -2.36. The highest BCUT2D eigenvalue weighted by atomic mass is 32.2. The number of carbonyl (C=O) groups excluding carboxylic acids is 1. The van der Waals surface area contributed by atoms with Gasteiger partial charge < -0.3 is 9.64 Å². The lowest BCUT2D eigenvalue weighted by Gasteiger charge is -2.25. The molecule has 0 unspecified atom stereocenters. The highest BCUT2D eigenvalue weighted by molar-refractivity contribution is 7.92. The minimum atomic E-state index is -3.55. The number of ether oxygens (including phenoxy) is 1. The third-order valence-corrected chi connectivity index (χ3v) is 5.37. The van der Waals surface area contributed by atoms with Gasteiger partial charge in [0.05, 0.1) is 19.1 Å². The zero-order chi connectivity index (χ0) is 19.9. The Morgan fingerprint density at radius 3 is 2.41 bits per heavy atom. The molecule has 0 aliphatic rings. The van der Waals surface area contributed by atoms with Crippen molar-refractivity contribution < 1.29 is 17.9 Å². The summed E-state index contributed by atoms with van der Waals surface area (Å²) in [5, 5.41) is 0. The van der Waals surface area contributed by atoms with Crippen molar-refractivity contribution in [1.82, 2.24) is 9.88 Å². The van der Waals surface area contributed by atoms with Gasteiger partial charge in [0, 0.05) is 39.0 Å². The van der Waals surface area contributed by atoms with E-state index < -0.39 is 10.0 Å². The smallest absolute Gasteiger partial charge is 0.232 e. The standard InChI is InChI=1S/C19H25N3O4S/c1-21(14-10-16-8-12-20-13-9-16)19(23)11-15-22(27(3,24)25)17-6-4-5-7-18(17)26-2/h4-9,12-13H,10-11,14-15H2,1-3H3. The van der Waals surface area contributed by atoms with E-state index in [4.69, 9.17) is 4.74 Å². The molecule has 1 aromatic carbocycles. The van der Waals surface area contributed by atoms with Gasteiger partial charge in [0.25, 0.3) is 0 Å². The fraction of sp³-hybridized carbons (Fsp3) is 0.368. The van der Waals surface area contributed by atoms with E-state index in [2.05, 4.69) is 4.98 Å². The minimum Gasteiger partial charge on any atom is -0.495 e. The van der Waals surface area contributed by atoms with Gasteiger partial charge in [-0.25, -0.2) is 8.42 Å². The highest BCUT2D eigenvalue weighted by Crippen LogP contribution is 2.29. The van der Waals surface area contributed by atoms with Crippen molar-refractivity contribution in [2.75, 3.05) is 37.8 Å². The van der Waals surface area contributed by atoms with E-state index in [9.17, 15) is 13.2 Å². The van der Waals surface area contributed by atoms with Crippen LogP contribution in [0.3, 0.4) is 0 Å². The fourth-order valence-electron chi connectivity index (χ4n) is 2.66. The lowest BCUT2D eigenvalue weighted by atomic mass is 10.2. The number of para-hydroxylation sites is 2. The molecule has 0 atom stereocenters. The van der Waals surface area contributed by atoms with Crippen molar-refractivity contribution in [3.8, 4) is 5.75 Å². The van der Waals surface area contributed by atoms with Crippen LogP contribution in [0.25, 0.3) is 0 Å². The van der Waals surface area contributed by atoms with Crippen LogP contribution in [0, 0.1) is 0 Å². The molecule has 7 nitrogen and oxygen atoms in total. The van der Waals surface area contributed by atoms with Crippen molar-refractivity contribution >= 4 is 21.6 Å². The maximum absolute atomic E-state index is 12.4. The summed E-state index contributed by atoms with van der Waals surface area (Å²) in [6.07, 6.45) is 5.35. The Balaban J connectivity index is 2.01. The van der Waals surface area contributed by atoms with E-state index in [-0.39, 0.29) is 18.9 Å².